The first-order chi connectivity index (χ1) is 9.15. The van der Waals surface area contributed by atoms with E-state index < -0.39 is 0 Å². The molecular formula is C15H21NO3. The molecule has 0 aromatic heterocycles. The maximum atomic E-state index is 11.8. The molecule has 2 N–H and O–H groups in total. The molecule has 1 aliphatic heterocycles. The molecule has 0 bridgehead atoms. The van der Waals surface area contributed by atoms with Crippen LogP contribution in [0.15, 0.2) is 18.2 Å². The Morgan fingerprint density at radius 3 is 2.84 bits per heavy atom. The molecule has 1 fully saturated rings. The van der Waals surface area contributed by atoms with Gasteiger partial charge in [0.05, 0.1) is 5.69 Å². The fourth-order valence-corrected chi connectivity index (χ4v) is 2.33. The zero-order chi connectivity index (χ0) is 13.7. The molecule has 1 heterocycles. The molecule has 1 saturated heterocycles. The highest BCUT2D eigenvalue weighted by molar-refractivity contribution is 5.92. The van der Waals surface area contributed by atoms with E-state index >= 15 is 0 Å². The van der Waals surface area contributed by atoms with Crippen molar-refractivity contribution in [1.82, 2.24) is 0 Å². The monoisotopic (exact) mass is 263 g/mol. The van der Waals surface area contributed by atoms with Gasteiger partial charge in [-0.3, -0.25) is 4.79 Å². The lowest BCUT2D eigenvalue weighted by atomic mass is 9.95. The summed E-state index contributed by atoms with van der Waals surface area (Å²) in [5.41, 5.74) is 1.46. The minimum Gasteiger partial charge on any atom is -0.506 e. The van der Waals surface area contributed by atoms with Crippen molar-refractivity contribution in [3.63, 3.8) is 0 Å². The van der Waals surface area contributed by atoms with Crippen molar-refractivity contribution in [3.05, 3.63) is 23.8 Å². The van der Waals surface area contributed by atoms with E-state index in [1.54, 1.807) is 12.1 Å². The summed E-state index contributed by atoms with van der Waals surface area (Å²) in [6.07, 6.45) is 3.48. The quantitative estimate of drug-likeness (QED) is 0.821. The van der Waals surface area contributed by atoms with Gasteiger partial charge < -0.3 is 15.2 Å². The second-order valence-corrected chi connectivity index (χ2v) is 5.16. The van der Waals surface area contributed by atoms with Gasteiger partial charge in [0, 0.05) is 19.6 Å². The molecule has 1 aliphatic rings. The number of phenols is 1. The van der Waals surface area contributed by atoms with Gasteiger partial charge in [-0.1, -0.05) is 6.07 Å². The van der Waals surface area contributed by atoms with Gasteiger partial charge in [0.25, 0.3) is 0 Å². The van der Waals surface area contributed by atoms with E-state index in [0.29, 0.717) is 18.0 Å². The predicted octanol–water partition coefficient (Wildman–Crippen LogP) is 2.85. The molecule has 0 atom stereocenters. The van der Waals surface area contributed by atoms with Gasteiger partial charge in [0.1, 0.15) is 5.75 Å². The number of amides is 1. The van der Waals surface area contributed by atoms with Crippen LogP contribution in [0.4, 0.5) is 5.69 Å². The van der Waals surface area contributed by atoms with Gasteiger partial charge in [-0.2, -0.15) is 0 Å². The third-order valence-corrected chi connectivity index (χ3v) is 3.55. The SMILES string of the molecule is Cc1ccc(NC(=O)CCC2CCOCC2)c(O)c1. The van der Waals surface area contributed by atoms with E-state index in [-0.39, 0.29) is 11.7 Å². The molecule has 1 amide bonds. The molecule has 4 heteroatoms. The molecule has 19 heavy (non-hydrogen) atoms. The average Bonchev–Trinajstić information content (AvgIpc) is 2.41. The van der Waals surface area contributed by atoms with Crippen LogP contribution in [-0.2, 0) is 9.53 Å². The summed E-state index contributed by atoms with van der Waals surface area (Å²) in [4.78, 5) is 11.8. The number of ether oxygens (including phenoxy) is 1. The molecule has 104 valence electrons. The zero-order valence-corrected chi connectivity index (χ0v) is 11.3. The normalized spacial score (nSPS) is 16.3. The summed E-state index contributed by atoms with van der Waals surface area (Å²) >= 11 is 0. The maximum absolute atomic E-state index is 11.8. The Kier molecular flexibility index (Phi) is 4.80. The number of anilines is 1. The van der Waals surface area contributed by atoms with Crippen LogP contribution in [0.2, 0.25) is 0 Å². The Morgan fingerprint density at radius 2 is 2.16 bits per heavy atom. The van der Waals surface area contributed by atoms with Crippen molar-refractivity contribution >= 4 is 11.6 Å². The molecule has 0 saturated carbocycles. The number of nitrogens with one attached hydrogen (secondary N) is 1. The van der Waals surface area contributed by atoms with Crippen LogP contribution >= 0.6 is 0 Å². The molecule has 0 unspecified atom stereocenters. The molecule has 1 aromatic carbocycles. The molecule has 0 spiro atoms. The Balaban J connectivity index is 1.80. The van der Waals surface area contributed by atoms with E-state index in [1.807, 2.05) is 13.0 Å². The number of carbonyl (C=O) groups excluding carboxylic acids is 1. The molecule has 0 radical (unpaired) electrons. The Bertz CT molecular complexity index is 439. The number of benzene rings is 1. The number of aryl methyl sites for hydroxylation is 1. The minimum atomic E-state index is -0.0364. The van der Waals surface area contributed by atoms with E-state index in [0.717, 1.165) is 38.0 Å². The van der Waals surface area contributed by atoms with Gasteiger partial charge >= 0.3 is 0 Å². The van der Waals surface area contributed by atoms with E-state index in [2.05, 4.69) is 5.32 Å². The Morgan fingerprint density at radius 1 is 1.42 bits per heavy atom. The second kappa shape index (κ2) is 6.57. The fraction of sp³-hybridized carbons (Fsp3) is 0.533. The van der Waals surface area contributed by atoms with E-state index in [1.165, 1.54) is 0 Å². The van der Waals surface area contributed by atoms with Gasteiger partial charge in [-0.25, -0.2) is 0 Å². The standard InChI is InChI=1S/C15H21NO3/c1-11-2-4-13(14(17)10-11)16-15(18)5-3-12-6-8-19-9-7-12/h2,4,10,12,17H,3,5-9H2,1H3,(H,16,18). The van der Waals surface area contributed by atoms with Crippen LogP contribution in [-0.4, -0.2) is 24.2 Å². The molecule has 4 nitrogen and oxygen atoms in total. The predicted molar refractivity (Wildman–Crippen MR) is 74.3 cm³/mol. The van der Waals surface area contributed by atoms with Gasteiger partial charge in [0.15, 0.2) is 0 Å². The summed E-state index contributed by atoms with van der Waals surface area (Å²) in [6.45, 7) is 3.52. The number of carbonyl (C=O) groups is 1. The van der Waals surface area contributed by atoms with E-state index in [9.17, 15) is 9.90 Å². The fourth-order valence-electron chi connectivity index (χ4n) is 2.33. The molecule has 0 aliphatic carbocycles. The summed E-state index contributed by atoms with van der Waals surface area (Å²) in [6, 6.07) is 5.25. The number of phenolic OH excluding ortho intramolecular Hbond substituents is 1. The van der Waals surface area contributed by atoms with Crippen LogP contribution in [0.3, 0.4) is 0 Å². The van der Waals surface area contributed by atoms with Crippen LogP contribution < -0.4 is 5.32 Å². The van der Waals surface area contributed by atoms with Gasteiger partial charge in [0.2, 0.25) is 5.91 Å². The highest BCUT2D eigenvalue weighted by Gasteiger charge is 2.15. The van der Waals surface area contributed by atoms with Crippen LogP contribution in [0.25, 0.3) is 0 Å². The lowest BCUT2D eigenvalue weighted by Crippen LogP contribution is -2.18. The van der Waals surface area contributed by atoms with Crippen molar-refractivity contribution in [1.29, 1.82) is 0 Å². The number of hydrogen-bond donors (Lipinski definition) is 2. The first-order valence-electron chi connectivity index (χ1n) is 6.82. The van der Waals surface area contributed by atoms with Crippen molar-refractivity contribution in [2.24, 2.45) is 5.92 Å². The van der Waals surface area contributed by atoms with Crippen molar-refractivity contribution < 1.29 is 14.6 Å². The average molecular weight is 263 g/mol. The second-order valence-electron chi connectivity index (χ2n) is 5.16. The topological polar surface area (TPSA) is 58.6 Å². The van der Waals surface area contributed by atoms with Crippen molar-refractivity contribution in [2.75, 3.05) is 18.5 Å². The Labute approximate surface area is 113 Å². The minimum absolute atomic E-state index is 0.0364. The third kappa shape index (κ3) is 4.24. The summed E-state index contributed by atoms with van der Waals surface area (Å²) < 4.78 is 5.30. The first-order valence-corrected chi connectivity index (χ1v) is 6.82. The third-order valence-electron chi connectivity index (χ3n) is 3.55. The van der Waals surface area contributed by atoms with Crippen LogP contribution in [0, 0.1) is 12.8 Å². The van der Waals surface area contributed by atoms with Crippen LogP contribution in [0.5, 0.6) is 5.75 Å². The van der Waals surface area contributed by atoms with Crippen molar-refractivity contribution in [2.45, 2.75) is 32.6 Å². The van der Waals surface area contributed by atoms with E-state index in [4.69, 9.17) is 4.74 Å². The first kappa shape index (κ1) is 13.9. The number of hydrogen-bond acceptors (Lipinski definition) is 3. The summed E-state index contributed by atoms with van der Waals surface area (Å²) in [5, 5.41) is 12.5. The summed E-state index contributed by atoms with van der Waals surface area (Å²) in [5.74, 6) is 0.677. The van der Waals surface area contributed by atoms with Crippen LogP contribution in [0.1, 0.15) is 31.2 Å². The zero-order valence-electron chi connectivity index (χ0n) is 11.3. The lowest BCUT2D eigenvalue weighted by molar-refractivity contribution is -0.116. The Hall–Kier alpha value is -1.55. The lowest BCUT2D eigenvalue weighted by Gasteiger charge is -2.21. The van der Waals surface area contributed by atoms with Crippen molar-refractivity contribution in [3.8, 4) is 5.75 Å². The van der Waals surface area contributed by atoms with Gasteiger partial charge in [-0.15, -0.1) is 0 Å². The van der Waals surface area contributed by atoms with Gasteiger partial charge in [-0.05, 0) is 49.8 Å². The highest BCUT2D eigenvalue weighted by Crippen LogP contribution is 2.25. The summed E-state index contributed by atoms with van der Waals surface area (Å²) in [7, 11) is 0. The largest absolute Gasteiger partial charge is 0.506 e. The smallest absolute Gasteiger partial charge is 0.224 e. The molecule has 2 rings (SSSR count). The molecular weight excluding hydrogens is 242 g/mol. The number of rotatable bonds is 4. The highest BCUT2D eigenvalue weighted by atomic mass is 16.5. The number of aromatic hydroxyl groups is 1. The molecule has 1 aromatic rings. The maximum Gasteiger partial charge on any atom is 0.224 e.